The van der Waals surface area contributed by atoms with E-state index in [1.54, 1.807) is 26.8 Å². The summed E-state index contributed by atoms with van der Waals surface area (Å²) in [6.45, 7) is 5.18. The minimum Gasteiger partial charge on any atom is -0.481 e. The number of hydrogen-bond donors (Lipinski definition) is 1. The number of fused-ring (bicyclic) bond motifs is 1. The van der Waals surface area contributed by atoms with Crippen LogP contribution < -0.4 is 9.64 Å². The second-order valence-corrected chi connectivity index (χ2v) is 5.76. The molecule has 1 unspecified atom stereocenters. The first-order valence-corrected chi connectivity index (χ1v) is 6.51. The lowest BCUT2D eigenvalue weighted by molar-refractivity contribution is -0.138. The summed E-state index contributed by atoms with van der Waals surface area (Å²) in [7, 11) is 1.45. The number of aliphatic carboxylic acids is 1. The highest BCUT2D eigenvalue weighted by Crippen LogP contribution is 2.35. The van der Waals surface area contributed by atoms with Gasteiger partial charge in [-0.1, -0.05) is 0 Å². The van der Waals surface area contributed by atoms with Gasteiger partial charge in [0.15, 0.2) is 0 Å². The molecule has 0 saturated heterocycles. The average Bonchev–Trinajstić information content (AvgIpc) is 2.74. The van der Waals surface area contributed by atoms with Gasteiger partial charge in [0.2, 0.25) is 5.88 Å². The van der Waals surface area contributed by atoms with E-state index < -0.39 is 23.7 Å². The van der Waals surface area contributed by atoms with Gasteiger partial charge in [-0.2, -0.15) is 0 Å². The molecule has 0 saturated carbocycles. The third-order valence-electron chi connectivity index (χ3n) is 3.01. The number of methoxy groups -OCH3 is 1. The molecule has 7 nitrogen and oxygen atoms in total. The molecule has 0 fully saturated rings. The summed E-state index contributed by atoms with van der Waals surface area (Å²) in [4.78, 5) is 28.9. The van der Waals surface area contributed by atoms with Crippen LogP contribution in [0.1, 0.15) is 26.3 Å². The van der Waals surface area contributed by atoms with Gasteiger partial charge < -0.3 is 14.6 Å². The maximum Gasteiger partial charge on any atom is 0.415 e. The molecule has 114 valence electrons. The van der Waals surface area contributed by atoms with Crippen LogP contribution >= 0.6 is 0 Å². The minimum atomic E-state index is -1.09. The van der Waals surface area contributed by atoms with Gasteiger partial charge in [0.25, 0.3) is 0 Å². The third-order valence-corrected chi connectivity index (χ3v) is 3.01. The Morgan fingerprint density at radius 3 is 2.62 bits per heavy atom. The predicted molar refractivity (Wildman–Crippen MR) is 74.6 cm³/mol. The summed E-state index contributed by atoms with van der Waals surface area (Å²) in [6.07, 6.45) is 1.02. The van der Waals surface area contributed by atoms with Gasteiger partial charge in [-0.3, -0.25) is 4.90 Å². The van der Waals surface area contributed by atoms with Crippen LogP contribution in [0, 0.1) is 0 Å². The third kappa shape index (κ3) is 3.07. The molecule has 1 atom stereocenters. The summed E-state index contributed by atoms with van der Waals surface area (Å²) >= 11 is 0. The molecule has 7 heteroatoms. The summed E-state index contributed by atoms with van der Waals surface area (Å²) in [5.41, 5.74) is 0.428. The van der Waals surface area contributed by atoms with Gasteiger partial charge >= 0.3 is 12.1 Å². The van der Waals surface area contributed by atoms with Crippen LogP contribution in [0.4, 0.5) is 10.5 Å². The second-order valence-electron chi connectivity index (χ2n) is 5.76. The largest absolute Gasteiger partial charge is 0.481 e. The molecule has 0 radical (unpaired) electrons. The smallest absolute Gasteiger partial charge is 0.415 e. The molecule has 0 aliphatic carbocycles. The highest BCUT2D eigenvalue weighted by Gasteiger charge is 2.41. The molecule has 0 bridgehead atoms. The van der Waals surface area contributed by atoms with Crippen molar-refractivity contribution in [1.82, 2.24) is 4.98 Å². The Hall–Kier alpha value is -2.31. The van der Waals surface area contributed by atoms with Crippen LogP contribution in [-0.4, -0.2) is 40.9 Å². The van der Waals surface area contributed by atoms with Crippen LogP contribution in [0.2, 0.25) is 0 Å². The second kappa shape index (κ2) is 5.23. The number of ether oxygens (including phenoxy) is 2. The standard InChI is InChI=1S/C14H18N2O5/c1-14(2,3)21-13(19)16-9-6-11(20-4)15-7-8(9)5-10(16)12(17)18/h6-7,10H,5H2,1-4H3,(H,17,18). The molecule has 1 aliphatic heterocycles. The SMILES string of the molecule is COc1cc2c(cn1)CC(C(=O)O)N2C(=O)OC(C)(C)C. The van der Waals surface area contributed by atoms with E-state index in [0.29, 0.717) is 17.1 Å². The van der Waals surface area contributed by atoms with Crippen LogP contribution in [0.3, 0.4) is 0 Å². The number of rotatable bonds is 2. The van der Waals surface area contributed by atoms with Crippen molar-refractivity contribution in [3.8, 4) is 5.88 Å². The van der Waals surface area contributed by atoms with Crippen molar-refractivity contribution < 1.29 is 24.2 Å². The van der Waals surface area contributed by atoms with E-state index in [1.807, 2.05) is 0 Å². The van der Waals surface area contributed by atoms with Crippen LogP contribution in [-0.2, 0) is 16.0 Å². The quantitative estimate of drug-likeness (QED) is 0.895. The first-order chi connectivity index (χ1) is 9.73. The molecular weight excluding hydrogens is 276 g/mol. The molecule has 21 heavy (non-hydrogen) atoms. The van der Waals surface area contributed by atoms with Gasteiger partial charge in [-0.05, 0) is 26.3 Å². The predicted octanol–water partition coefficient (Wildman–Crippen LogP) is 1.84. The number of aromatic nitrogens is 1. The average molecular weight is 294 g/mol. The fourth-order valence-electron chi connectivity index (χ4n) is 2.15. The number of anilines is 1. The van der Waals surface area contributed by atoms with Crippen molar-refractivity contribution in [3.05, 3.63) is 17.8 Å². The van der Waals surface area contributed by atoms with Gasteiger partial charge in [0.1, 0.15) is 11.6 Å². The van der Waals surface area contributed by atoms with E-state index in [9.17, 15) is 14.7 Å². The molecule has 1 amide bonds. The molecule has 2 heterocycles. The zero-order valence-corrected chi connectivity index (χ0v) is 12.4. The van der Waals surface area contributed by atoms with E-state index in [4.69, 9.17) is 9.47 Å². The summed E-state index contributed by atoms with van der Waals surface area (Å²) in [5.74, 6) is -0.774. The number of pyridine rings is 1. The number of carbonyl (C=O) groups excluding carboxylic acids is 1. The zero-order chi connectivity index (χ0) is 15.8. The Balaban J connectivity index is 2.40. The van der Waals surface area contributed by atoms with E-state index >= 15 is 0 Å². The van der Waals surface area contributed by atoms with E-state index in [-0.39, 0.29) is 6.42 Å². The highest BCUT2D eigenvalue weighted by molar-refractivity contribution is 5.98. The minimum absolute atomic E-state index is 0.195. The van der Waals surface area contributed by atoms with Crippen molar-refractivity contribution in [2.45, 2.75) is 38.8 Å². The molecular formula is C14H18N2O5. The molecule has 0 aromatic carbocycles. The Bertz CT molecular complexity index is 579. The summed E-state index contributed by atoms with van der Waals surface area (Å²) in [5, 5.41) is 9.33. The number of hydrogen-bond acceptors (Lipinski definition) is 5. The lowest BCUT2D eigenvalue weighted by atomic mass is 10.1. The topological polar surface area (TPSA) is 89.0 Å². The zero-order valence-electron chi connectivity index (χ0n) is 12.4. The number of nitrogens with zero attached hydrogens (tertiary/aromatic N) is 2. The Labute approximate surface area is 122 Å². The van der Waals surface area contributed by atoms with Crippen LogP contribution in [0.5, 0.6) is 5.88 Å². The Morgan fingerprint density at radius 1 is 1.43 bits per heavy atom. The Morgan fingerprint density at radius 2 is 2.10 bits per heavy atom. The molecule has 1 N–H and O–H groups in total. The first-order valence-electron chi connectivity index (χ1n) is 6.51. The Kier molecular flexibility index (Phi) is 3.76. The fourth-order valence-corrected chi connectivity index (χ4v) is 2.15. The molecule has 1 aromatic rings. The van der Waals surface area contributed by atoms with Crippen molar-refractivity contribution in [2.24, 2.45) is 0 Å². The van der Waals surface area contributed by atoms with Crippen molar-refractivity contribution in [2.75, 3.05) is 12.0 Å². The number of carbonyl (C=O) groups is 2. The van der Waals surface area contributed by atoms with E-state index in [2.05, 4.69) is 4.98 Å². The number of carboxylic acids is 1. The molecule has 1 aliphatic rings. The normalized spacial score (nSPS) is 17.3. The maximum absolute atomic E-state index is 12.3. The first kappa shape index (κ1) is 15.1. The van der Waals surface area contributed by atoms with Gasteiger partial charge in [0.05, 0.1) is 12.8 Å². The van der Waals surface area contributed by atoms with Gasteiger partial charge in [0, 0.05) is 18.7 Å². The maximum atomic E-state index is 12.3. The molecule has 2 rings (SSSR count). The van der Waals surface area contributed by atoms with Gasteiger partial charge in [-0.15, -0.1) is 0 Å². The van der Waals surface area contributed by atoms with Crippen LogP contribution in [0.25, 0.3) is 0 Å². The van der Waals surface area contributed by atoms with E-state index in [0.717, 1.165) is 4.90 Å². The van der Waals surface area contributed by atoms with E-state index in [1.165, 1.54) is 13.3 Å². The fraction of sp³-hybridized carbons (Fsp3) is 0.500. The monoisotopic (exact) mass is 294 g/mol. The molecule has 0 spiro atoms. The number of carboxylic acid groups (broad SMARTS) is 1. The lowest BCUT2D eigenvalue weighted by Crippen LogP contribution is -2.45. The summed E-state index contributed by atoms with van der Waals surface area (Å²) < 4.78 is 10.3. The lowest BCUT2D eigenvalue weighted by Gasteiger charge is -2.27. The summed E-state index contributed by atoms with van der Waals surface area (Å²) in [6, 6.07) is 0.547. The van der Waals surface area contributed by atoms with Crippen molar-refractivity contribution in [3.63, 3.8) is 0 Å². The van der Waals surface area contributed by atoms with Crippen molar-refractivity contribution >= 4 is 17.7 Å². The number of amides is 1. The van der Waals surface area contributed by atoms with Gasteiger partial charge in [-0.25, -0.2) is 14.6 Å². The molecule has 1 aromatic heterocycles. The van der Waals surface area contributed by atoms with Crippen LogP contribution in [0.15, 0.2) is 12.3 Å². The van der Waals surface area contributed by atoms with Crippen molar-refractivity contribution in [1.29, 1.82) is 0 Å². The highest BCUT2D eigenvalue weighted by atomic mass is 16.6.